The third-order valence-electron chi connectivity index (χ3n) is 7.58. The van der Waals surface area contributed by atoms with Crippen molar-refractivity contribution in [2.24, 2.45) is 0 Å². The lowest BCUT2D eigenvalue weighted by Gasteiger charge is -2.33. The molecule has 4 aromatic carbocycles. The molecular weight excluding hydrogens is 440 g/mol. The van der Waals surface area contributed by atoms with Crippen molar-refractivity contribution < 1.29 is 4.74 Å². The van der Waals surface area contributed by atoms with Crippen LogP contribution < -0.4 is 9.92 Å². The van der Waals surface area contributed by atoms with E-state index in [9.17, 15) is 0 Å². The summed E-state index contributed by atoms with van der Waals surface area (Å²) in [5.74, 6) is 1.15. The molecule has 0 saturated heterocycles. The molecule has 0 spiro atoms. The monoisotopic (exact) mass is 474 g/mol. The van der Waals surface area contributed by atoms with E-state index < -0.39 is 8.80 Å². The van der Waals surface area contributed by atoms with E-state index in [1.54, 1.807) is 0 Å². The normalized spacial score (nSPS) is 16.7. The van der Waals surface area contributed by atoms with Gasteiger partial charge in [0.1, 0.15) is 5.75 Å². The molecule has 0 bridgehead atoms. The molecular formula is C33H34OSi. The summed E-state index contributed by atoms with van der Waals surface area (Å²) in [4.78, 5) is 0. The summed E-state index contributed by atoms with van der Waals surface area (Å²) in [6.45, 7) is 9.51. The standard InChI is InChI=1S/C33H34OSi/c1-23-22-28(33(2)21-20-24-14-12-13-19-27(24)33)31(34-3)30(32(23)35(4)5)29(25-15-8-6-9-16-25)26-17-10-7-11-18-26/h6-22,29,35H,1-5H3. The predicted octanol–water partition coefficient (Wildman–Crippen LogP) is 7.21. The summed E-state index contributed by atoms with van der Waals surface area (Å²) in [7, 11) is 0.656. The second kappa shape index (κ2) is 9.35. The van der Waals surface area contributed by atoms with E-state index >= 15 is 0 Å². The first-order valence-electron chi connectivity index (χ1n) is 12.6. The number of methoxy groups -OCH3 is 1. The molecule has 1 atom stereocenters. The van der Waals surface area contributed by atoms with Gasteiger partial charge in [0.05, 0.1) is 15.9 Å². The van der Waals surface area contributed by atoms with Gasteiger partial charge in [0.2, 0.25) is 0 Å². The highest BCUT2D eigenvalue weighted by molar-refractivity contribution is 6.71. The molecule has 4 aromatic rings. The molecule has 35 heavy (non-hydrogen) atoms. The molecule has 0 aromatic heterocycles. The molecule has 1 aliphatic carbocycles. The van der Waals surface area contributed by atoms with Gasteiger partial charge in [-0.05, 0) is 36.1 Å². The summed E-state index contributed by atoms with van der Waals surface area (Å²) in [5.41, 5.74) is 8.98. The first-order valence-corrected chi connectivity index (χ1v) is 15.4. The zero-order valence-electron chi connectivity index (χ0n) is 21.4. The van der Waals surface area contributed by atoms with E-state index in [2.05, 4.69) is 130 Å². The van der Waals surface area contributed by atoms with Crippen molar-refractivity contribution in [2.45, 2.75) is 38.3 Å². The fourth-order valence-corrected chi connectivity index (χ4v) is 7.93. The molecule has 0 saturated carbocycles. The van der Waals surface area contributed by atoms with Crippen LogP contribution in [0.5, 0.6) is 5.75 Å². The molecule has 0 fully saturated rings. The van der Waals surface area contributed by atoms with Gasteiger partial charge < -0.3 is 4.74 Å². The summed E-state index contributed by atoms with van der Waals surface area (Å²) in [6, 6.07) is 33.0. The molecule has 0 heterocycles. The van der Waals surface area contributed by atoms with Crippen LogP contribution in [0.4, 0.5) is 0 Å². The maximum atomic E-state index is 6.43. The Morgan fingerprint density at radius 3 is 1.91 bits per heavy atom. The van der Waals surface area contributed by atoms with Crippen molar-refractivity contribution in [3.8, 4) is 5.75 Å². The number of rotatable bonds is 6. The van der Waals surface area contributed by atoms with Gasteiger partial charge in [-0.3, -0.25) is 0 Å². The van der Waals surface area contributed by atoms with Crippen molar-refractivity contribution >= 4 is 20.1 Å². The first-order chi connectivity index (χ1) is 17.0. The van der Waals surface area contributed by atoms with Gasteiger partial charge in [0.15, 0.2) is 0 Å². The Bertz CT molecular complexity index is 1330. The molecule has 1 nitrogen and oxygen atoms in total. The topological polar surface area (TPSA) is 9.23 Å². The number of aryl methyl sites for hydroxylation is 1. The second-order valence-electron chi connectivity index (χ2n) is 10.1. The van der Waals surface area contributed by atoms with E-state index in [1.807, 2.05) is 7.11 Å². The van der Waals surface area contributed by atoms with Gasteiger partial charge in [-0.25, -0.2) is 0 Å². The van der Waals surface area contributed by atoms with Crippen LogP contribution in [0.3, 0.4) is 0 Å². The average Bonchev–Trinajstić information content (AvgIpc) is 3.23. The van der Waals surface area contributed by atoms with Crippen LogP contribution in [0.2, 0.25) is 13.1 Å². The van der Waals surface area contributed by atoms with Crippen LogP contribution >= 0.6 is 0 Å². The fraction of sp³-hybridized carbons (Fsp3) is 0.212. The highest BCUT2D eigenvalue weighted by Gasteiger charge is 2.38. The lowest BCUT2D eigenvalue weighted by atomic mass is 9.74. The van der Waals surface area contributed by atoms with Gasteiger partial charge in [0, 0.05) is 22.5 Å². The highest BCUT2D eigenvalue weighted by atomic mass is 28.3. The first kappa shape index (κ1) is 23.4. The summed E-state index contributed by atoms with van der Waals surface area (Å²) < 4.78 is 6.43. The zero-order chi connectivity index (χ0) is 24.6. The number of fused-ring (bicyclic) bond motifs is 1. The molecule has 0 N–H and O–H groups in total. The van der Waals surface area contributed by atoms with Crippen LogP contribution in [0.1, 0.15) is 51.8 Å². The quantitative estimate of drug-likeness (QED) is 0.212. The summed E-state index contributed by atoms with van der Waals surface area (Å²) in [6.07, 6.45) is 4.62. The molecule has 5 rings (SSSR count). The minimum Gasteiger partial charge on any atom is -0.496 e. The van der Waals surface area contributed by atoms with Crippen LogP contribution in [0.25, 0.3) is 6.08 Å². The van der Waals surface area contributed by atoms with Gasteiger partial charge >= 0.3 is 0 Å². The molecule has 176 valence electrons. The minimum absolute atomic E-state index is 0.111. The Morgan fingerprint density at radius 1 is 0.771 bits per heavy atom. The van der Waals surface area contributed by atoms with Crippen molar-refractivity contribution in [3.63, 3.8) is 0 Å². The van der Waals surface area contributed by atoms with E-state index in [4.69, 9.17) is 4.74 Å². The van der Waals surface area contributed by atoms with Gasteiger partial charge in [-0.2, -0.15) is 0 Å². The molecule has 0 aliphatic heterocycles. The van der Waals surface area contributed by atoms with Crippen LogP contribution in [-0.2, 0) is 5.41 Å². The van der Waals surface area contributed by atoms with Crippen molar-refractivity contribution in [2.75, 3.05) is 7.11 Å². The van der Waals surface area contributed by atoms with E-state index in [-0.39, 0.29) is 11.3 Å². The molecule has 1 aliphatic rings. The third-order valence-corrected chi connectivity index (χ3v) is 9.50. The van der Waals surface area contributed by atoms with E-state index in [1.165, 1.54) is 44.1 Å². The van der Waals surface area contributed by atoms with Crippen molar-refractivity contribution in [3.05, 3.63) is 136 Å². The lowest BCUT2D eigenvalue weighted by molar-refractivity contribution is 0.399. The Hall–Kier alpha value is -3.36. The summed E-state index contributed by atoms with van der Waals surface area (Å²) in [5, 5.41) is 1.52. The van der Waals surface area contributed by atoms with E-state index in [0.29, 0.717) is 0 Å². The smallest absolute Gasteiger partial charge is 0.127 e. The van der Waals surface area contributed by atoms with Gasteiger partial charge in [-0.1, -0.05) is 127 Å². The molecule has 2 heteroatoms. The average molecular weight is 475 g/mol. The predicted molar refractivity (Wildman–Crippen MR) is 152 cm³/mol. The lowest BCUT2D eigenvalue weighted by Crippen LogP contribution is -2.34. The van der Waals surface area contributed by atoms with Crippen LogP contribution in [-0.4, -0.2) is 15.9 Å². The number of allylic oxidation sites excluding steroid dienone is 1. The highest BCUT2D eigenvalue weighted by Crippen LogP contribution is 2.48. The summed E-state index contributed by atoms with van der Waals surface area (Å²) >= 11 is 0. The van der Waals surface area contributed by atoms with Crippen molar-refractivity contribution in [1.82, 2.24) is 0 Å². The third kappa shape index (κ3) is 3.96. The maximum absolute atomic E-state index is 6.43. The fourth-order valence-electron chi connectivity index (χ4n) is 6.01. The maximum Gasteiger partial charge on any atom is 0.127 e. The SMILES string of the molecule is COc1c(C2(C)C=Cc3ccccc32)cc(C)c([SiH](C)C)c1C(c1ccccc1)c1ccccc1. The Balaban J connectivity index is 1.86. The van der Waals surface area contributed by atoms with Gasteiger partial charge in [0.25, 0.3) is 0 Å². The second-order valence-corrected chi connectivity index (χ2v) is 13.0. The number of ether oxygens (including phenoxy) is 1. The number of benzene rings is 4. The number of hydrogen-bond acceptors (Lipinski definition) is 1. The Kier molecular flexibility index (Phi) is 6.25. The molecule has 0 amide bonds. The van der Waals surface area contributed by atoms with E-state index in [0.717, 1.165) is 5.75 Å². The largest absolute Gasteiger partial charge is 0.496 e. The minimum atomic E-state index is -1.20. The number of hydrogen-bond donors (Lipinski definition) is 0. The van der Waals surface area contributed by atoms with Crippen LogP contribution in [0, 0.1) is 6.92 Å². The Morgan fingerprint density at radius 2 is 1.34 bits per heavy atom. The van der Waals surface area contributed by atoms with Gasteiger partial charge in [-0.15, -0.1) is 0 Å². The van der Waals surface area contributed by atoms with Crippen molar-refractivity contribution in [1.29, 1.82) is 0 Å². The Labute approximate surface area is 211 Å². The molecule has 0 radical (unpaired) electrons. The molecule has 1 unspecified atom stereocenters. The zero-order valence-corrected chi connectivity index (χ0v) is 22.5. The van der Waals surface area contributed by atoms with Crippen LogP contribution in [0.15, 0.2) is 97.1 Å².